The van der Waals surface area contributed by atoms with E-state index in [1.807, 2.05) is 13.1 Å². The molecule has 0 saturated carbocycles. The third kappa shape index (κ3) is 7.29. The normalized spacial score (nSPS) is 17.2. The maximum atomic E-state index is 14.7. The van der Waals surface area contributed by atoms with E-state index in [2.05, 4.69) is 20.8 Å². The smallest absolute Gasteiger partial charge is 0.374 e. The van der Waals surface area contributed by atoms with E-state index in [1.54, 1.807) is 67.6 Å². The molecule has 3 amide bonds. The third-order valence-corrected chi connectivity index (χ3v) is 12.6. The fourth-order valence-electron chi connectivity index (χ4n) is 4.85. The minimum absolute atomic E-state index is 0.142. The summed E-state index contributed by atoms with van der Waals surface area (Å²) in [5.74, 6) is -4.84. The van der Waals surface area contributed by atoms with Crippen molar-refractivity contribution < 1.29 is 33.5 Å². The number of hydrogen-bond donors (Lipinski definition) is 1. The van der Waals surface area contributed by atoms with Gasteiger partial charge in [-0.1, -0.05) is 81.4 Å². The van der Waals surface area contributed by atoms with Crippen LogP contribution in [-0.2, 0) is 34.8 Å². The van der Waals surface area contributed by atoms with Gasteiger partial charge in [-0.05, 0) is 30.6 Å². The summed E-state index contributed by atoms with van der Waals surface area (Å²) in [5.41, 5.74) is 1.22. The number of amides is 3. The number of hydrogen-bond acceptors (Lipinski definition) is 6. The van der Waals surface area contributed by atoms with Gasteiger partial charge in [0.05, 0.1) is 11.8 Å². The van der Waals surface area contributed by atoms with Gasteiger partial charge in [-0.15, -0.1) is 0 Å². The number of rotatable bonds is 10. The van der Waals surface area contributed by atoms with Crippen molar-refractivity contribution in [3.05, 3.63) is 78.0 Å². The Morgan fingerprint density at radius 1 is 0.977 bits per heavy atom. The predicted molar refractivity (Wildman–Crippen MR) is 164 cm³/mol. The fourth-order valence-corrected chi connectivity index (χ4v) is 6.26. The van der Waals surface area contributed by atoms with Crippen LogP contribution < -0.4 is 0 Å². The maximum absolute atomic E-state index is 14.7. The highest BCUT2D eigenvalue weighted by Gasteiger charge is 2.49. The van der Waals surface area contributed by atoms with E-state index in [9.17, 15) is 29.1 Å². The zero-order valence-electron chi connectivity index (χ0n) is 26.0. The SMILES string of the molecule is CC(=O)N1C=C(c2ccccc2)N(N(C(C)=O)[C@@H](Cc2ccccc2)C(=O)C(=O)O)C(=O)C1C(C)O[Si](C)(C)C(C)(C)C. The van der Waals surface area contributed by atoms with Crippen molar-refractivity contribution in [2.75, 3.05) is 0 Å². The highest BCUT2D eigenvalue weighted by molar-refractivity contribution is 6.74. The van der Waals surface area contributed by atoms with Crippen molar-refractivity contribution in [1.82, 2.24) is 14.9 Å². The molecule has 3 atom stereocenters. The molecule has 0 aromatic heterocycles. The topological polar surface area (TPSA) is 125 Å². The Hall–Kier alpha value is -4.09. The van der Waals surface area contributed by atoms with Gasteiger partial charge in [0.25, 0.3) is 11.7 Å². The minimum atomic E-state index is -2.45. The summed E-state index contributed by atoms with van der Waals surface area (Å²) in [4.78, 5) is 67.7. The molecule has 1 heterocycles. The molecule has 2 unspecified atom stereocenters. The molecule has 0 spiro atoms. The predicted octanol–water partition coefficient (Wildman–Crippen LogP) is 4.48. The standard InChI is InChI=1S/C32H41N3O7Si/c1-21(42-43(7,8)32(4,5)6)28-30(39)35(27(20-33(28)22(2)36)25-17-13-10-14-18-25)34(23(3)37)26(29(38)31(40)41)19-24-15-11-9-12-16-24/h9-18,20-21,26,28H,19H2,1-8H3,(H,40,41)/t21?,26-,28?/m0/s1. The summed E-state index contributed by atoms with van der Waals surface area (Å²) in [5, 5.41) is 11.6. The van der Waals surface area contributed by atoms with Gasteiger partial charge in [0.1, 0.15) is 12.1 Å². The molecule has 0 radical (unpaired) electrons. The van der Waals surface area contributed by atoms with E-state index >= 15 is 0 Å². The number of aliphatic carboxylic acids is 1. The zero-order valence-corrected chi connectivity index (χ0v) is 27.0. The van der Waals surface area contributed by atoms with E-state index in [4.69, 9.17) is 4.43 Å². The summed E-state index contributed by atoms with van der Waals surface area (Å²) >= 11 is 0. The number of carboxylic acids is 1. The highest BCUT2D eigenvalue weighted by atomic mass is 28.4. The van der Waals surface area contributed by atoms with Gasteiger partial charge in [0.2, 0.25) is 11.8 Å². The average molecular weight is 608 g/mol. The van der Waals surface area contributed by atoms with Crippen molar-refractivity contribution in [3.63, 3.8) is 0 Å². The molecule has 1 N–H and O–H groups in total. The maximum Gasteiger partial charge on any atom is 0.374 e. The molecule has 43 heavy (non-hydrogen) atoms. The molecule has 2 aromatic rings. The van der Waals surface area contributed by atoms with E-state index in [1.165, 1.54) is 24.9 Å². The molecule has 11 heteroatoms. The van der Waals surface area contributed by atoms with Crippen LogP contribution in [0.15, 0.2) is 66.9 Å². The van der Waals surface area contributed by atoms with Crippen LogP contribution in [0.4, 0.5) is 0 Å². The van der Waals surface area contributed by atoms with Crippen LogP contribution in [0.1, 0.15) is 52.7 Å². The molecule has 0 saturated heterocycles. The minimum Gasteiger partial charge on any atom is -0.475 e. The van der Waals surface area contributed by atoms with Crippen LogP contribution in [0.25, 0.3) is 5.70 Å². The molecule has 3 rings (SSSR count). The zero-order chi connectivity index (χ0) is 32.3. The van der Waals surface area contributed by atoms with Crippen molar-refractivity contribution >= 4 is 43.5 Å². The first-order chi connectivity index (χ1) is 20.0. The van der Waals surface area contributed by atoms with Gasteiger partial charge in [0.15, 0.2) is 8.32 Å². The van der Waals surface area contributed by atoms with Gasteiger partial charge in [-0.25, -0.2) is 14.8 Å². The van der Waals surface area contributed by atoms with Crippen LogP contribution in [0.5, 0.6) is 0 Å². The van der Waals surface area contributed by atoms with Crippen molar-refractivity contribution in [2.24, 2.45) is 0 Å². The molecule has 1 aliphatic rings. The largest absolute Gasteiger partial charge is 0.475 e. The Morgan fingerprint density at radius 3 is 1.98 bits per heavy atom. The van der Waals surface area contributed by atoms with Gasteiger partial charge in [-0.2, -0.15) is 0 Å². The van der Waals surface area contributed by atoms with Crippen molar-refractivity contribution in [2.45, 2.75) is 84.3 Å². The van der Waals surface area contributed by atoms with Crippen LogP contribution >= 0.6 is 0 Å². The van der Waals surface area contributed by atoms with Crippen LogP contribution in [0.2, 0.25) is 18.1 Å². The second kappa shape index (κ2) is 13.0. The van der Waals surface area contributed by atoms with E-state index in [0.29, 0.717) is 11.1 Å². The number of hydrazine groups is 1. The molecule has 10 nitrogen and oxygen atoms in total. The van der Waals surface area contributed by atoms with Crippen LogP contribution in [0.3, 0.4) is 0 Å². The Balaban J connectivity index is 2.27. The van der Waals surface area contributed by atoms with Crippen LogP contribution in [-0.4, -0.2) is 76.0 Å². The molecular weight excluding hydrogens is 566 g/mol. The number of carboxylic acid groups (broad SMARTS) is 1. The number of Topliss-reactive ketones (excluding diaryl/α,β-unsaturated/α-hetero) is 1. The summed E-state index contributed by atoms with van der Waals surface area (Å²) in [6, 6.07) is 14.5. The van der Waals surface area contributed by atoms with E-state index in [-0.39, 0.29) is 17.2 Å². The molecule has 230 valence electrons. The highest BCUT2D eigenvalue weighted by Crippen LogP contribution is 2.39. The second-order valence-electron chi connectivity index (χ2n) is 12.2. The molecule has 0 bridgehead atoms. The molecular formula is C32H41N3O7Si. The van der Waals surface area contributed by atoms with Gasteiger partial charge < -0.3 is 14.4 Å². The lowest BCUT2D eigenvalue weighted by molar-refractivity contribution is -0.172. The number of ketones is 1. The Labute approximate surface area is 254 Å². The van der Waals surface area contributed by atoms with E-state index < -0.39 is 56.0 Å². The Bertz CT molecular complexity index is 1400. The van der Waals surface area contributed by atoms with E-state index in [0.717, 1.165) is 10.0 Å². The molecule has 2 aromatic carbocycles. The second-order valence-corrected chi connectivity index (χ2v) is 17.0. The number of benzene rings is 2. The first kappa shape index (κ1) is 33.4. The van der Waals surface area contributed by atoms with Gasteiger partial charge in [0, 0.05) is 32.0 Å². The summed E-state index contributed by atoms with van der Waals surface area (Å²) < 4.78 is 6.57. The lowest BCUT2D eigenvalue weighted by Gasteiger charge is -2.48. The quantitative estimate of drug-likeness (QED) is 0.312. The van der Waals surface area contributed by atoms with Gasteiger partial charge >= 0.3 is 5.97 Å². The molecule has 1 aliphatic heterocycles. The Morgan fingerprint density at radius 2 is 1.51 bits per heavy atom. The third-order valence-electron chi connectivity index (χ3n) is 8.03. The Kier molecular flexibility index (Phi) is 10.1. The van der Waals surface area contributed by atoms with Gasteiger partial charge in [-0.3, -0.25) is 19.2 Å². The van der Waals surface area contributed by atoms with Crippen LogP contribution in [0, 0.1) is 0 Å². The van der Waals surface area contributed by atoms with Crippen molar-refractivity contribution in [3.8, 4) is 0 Å². The summed E-state index contributed by atoms with van der Waals surface area (Å²) in [6.45, 7) is 14.4. The number of carbonyl (C=O) groups excluding carboxylic acids is 4. The first-order valence-corrected chi connectivity index (χ1v) is 17.1. The first-order valence-electron chi connectivity index (χ1n) is 14.2. The summed E-state index contributed by atoms with van der Waals surface area (Å²) in [6.07, 6.45) is 0.509. The van der Waals surface area contributed by atoms with Crippen molar-refractivity contribution in [1.29, 1.82) is 0 Å². The fraction of sp³-hybridized carbons (Fsp3) is 0.406. The molecule has 0 fully saturated rings. The lowest BCUT2D eigenvalue weighted by atomic mass is 10.00. The molecule has 0 aliphatic carbocycles. The number of nitrogens with zero attached hydrogens (tertiary/aromatic N) is 3. The lowest BCUT2D eigenvalue weighted by Crippen LogP contribution is -2.65. The number of carbonyl (C=O) groups is 5. The summed E-state index contributed by atoms with van der Waals surface area (Å²) in [7, 11) is -2.45. The average Bonchev–Trinajstić information content (AvgIpc) is 2.92. The monoisotopic (exact) mass is 607 g/mol.